The lowest BCUT2D eigenvalue weighted by molar-refractivity contribution is 0.426. The zero-order chi connectivity index (χ0) is 12.3. The van der Waals surface area contributed by atoms with Crippen molar-refractivity contribution in [1.82, 2.24) is 10.1 Å². The van der Waals surface area contributed by atoms with Crippen molar-refractivity contribution in [1.29, 1.82) is 0 Å². The first-order valence-electron chi connectivity index (χ1n) is 5.28. The normalized spacial score (nSPS) is 11.9. The van der Waals surface area contributed by atoms with Crippen LogP contribution in [-0.2, 0) is 5.75 Å². The van der Waals surface area contributed by atoms with Gasteiger partial charge in [0.25, 0.3) is 5.89 Å². The second-order valence-corrected chi connectivity index (χ2v) is 6.41. The smallest absolute Gasteiger partial charge is 0.268 e. The van der Waals surface area contributed by atoms with E-state index in [0.717, 1.165) is 22.2 Å². The minimum absolute atomic E-state index is 0.162. The van der Waals surface area contributed by atoms with Crippen LogP contribution in [0.5, 0.6) is 0 Å². The van der Waals surface area contributed by atoms with E-state index in [2.05, 4.69) is 10.1 Å². The van der Waals surface area contributed by atoms with Crippen LogP contribution in [0.1, 0.15) is 19.7 Å². The molecule has 6 heteroatoms. The third-order valence-electron chi connectivity index (χ3n) is 1.91. The molecule has 2 rings (SSSR count). The second-order valence-electron chi connectivity index (χ2n) is 4.47. The number of nitrogens with two attached hydrogens (primary N) is 1. The van der Waals surface area contributed by atoms with Gasteiger partial charge in [0.1, 0.15) is 0 Å². The van der Waals surface area contributed by atoms with Crippen LogP contribution < -0.4 is 5.73 Å². The summed E-state index contributed by atoms with van der Waals surface area (Å²) in [6, 6.07) is 3.94. The molecule has 0 atom stereocenters. The summed E-state index contributed by atoms with van der Waals surface area (Å²) in [7, 11) is 0. The molecule has 2 heterocycles. The lowest BCUT2D eigenvalue weighted by Gasteiger charge is -2.16. The van der Waals surface area contributed by atoms with Gasteiger partial charge in [-0.2, -0.15) is 16.7 Å². The van der Waals surface area contributed by atoms with Crippen molar-refractivity contribution in [2.75, 3.05) is 5.75 Å². The predicted molar refractivity (Wildman–Crippen MR) is 72.0 cm³/mol. The predicted octanol–water partition coefficient (Wildman–Crippen LogP) is 2.77. The highest BCUT2D eigenvalue weighted by molar-refractivity contribution is 7.98. The molecule has 0 aliphatic carbocycles. The summed E-state index contributed by atoms with van der Waals surface area (Å²) >= 11 is 3.31. The van der Waals surface area contributed by atoms with Crippen LogP contribution in [0.2, 0.25) is 0 Å². The summed E-state index contributed by atoms with van der Waals surface area (Å²) in [6.45, 7) is 4.01. The second kappa shape index (κ2) is 5.20. The van der Waals surface area contributed by atoms with E-state index in [-0.39, 0.29) is 5.54 Å². The van der Waals surface area contributed by atoms with Crippen LogP contribution in [0, 0.1) is 0 Å². The summed E-state index contributed by atoms with van der Waals surface area (Å²) in [6.07, 6.45) is 0. The zero-order valence-electron chi connectivity index (χ0n) is 9.84. The van der Waals surface area contributed by atoms with E-state index in [1.54, 1.807) is 23.1 Å². The molecule has 0 aliphatic heterocycles. The maximum absolute atomic E-state index is 5.90. The summed E-state index contributed by atoms with van der Waals surface area (Å²) in [5.74, 6) is 2.93. The average molecular weight is 269 g/mol. The lowest BCUT2D eigenvalue weighted by Crippen LogP contribution is -2.34. The Labute approximate surface area is 109 Å². The minimum Gasteiger partial charge on any atom is -0.333 e. The van der Waals surface area contributed by atoms with Gasteiger partial charge >= 0.3 is 0 Å². The fourth-order valence-electron chi connectivity index (χ4n) is 1.22. The maximum atomic E-state index is 5.90. The van der Waals surface area contributed by atoms with Crippen molar-refractivity contribution in [3.05, 3.63) is 23.3 Å². The standard InChI is InChI=1S/C11H15N3OS2/c1-11(2,12)7-16-6-9-13-10(15-14-9)8-4-3-5-17-8/h3-5H,6-7,12H2,1-2H3. The fraction of sp³-hybridized carbons (Fsp3) is 0.455. The molecular weight excluding hydrogens is 254 g/mol. The Kier molecular flexibility index (Phi) is 3.86. The molecule has 0 saturated heterocycles. The van der Waals surface area contributed by atoms with Crippen LogP contribution in [0.25, 0.3) is 10.8 Å². The first-order chi connectivity index (χ1) is 8.04. The van der Waals surface area contributed by atoms with E-state index >= 15 is 0 Å². The molecule has 0 unspecified atom stereocenters. The molecule has 17 heavy (non-hydrogen) atoms. The van der Waals surface area contributed by atoms with Gasteiger partial charge in [0.15, 0.2) is 5.82 Å². The van der Waals surface area contributed by atoms with Crippen molar-refractivity contribution >= 4 is 23.1 Å². The van der Waals surface area contributed by atoms with E-state index in [0.29, 0.717) is 5.89 Å². The van der Waals surface area contributed by atoms with Gasteiger partial charge in [0.05, 0.1) is 10.6 Å². The fourth-order valence-corrected chi connectivity index (χ4v) is 2.79. The average Bonchev–Trinajstić information content (AvgIpc) is 2.83. The molecule has 2 aromatic heterocycles. The third kappa shape index (κ3) is 3.83. The molecule has 0 bridgehead atoms. The highest BCUT2D eigenvalue weighted by atomic mass is 32.2. The van der Waals surface area contributed by atoms with E-state index in [1.807, 2.05) is 31.4 Å². The highest BCUT2D eigenvalue weighted by Gasteiger charge is 2.13. The van der Waals surface area contributed by atoms with Gasteiger partial charge in [0, 0.05) is 11.3 Å². The number of thiophene rings is 1. The van der Waals surface area contributed by atoms with E-state index < -0.39 is 0 Å². The van der Waals surface area contributed by atoms with Crippen molar-refractivity contribution in [3.63, 3.8) is 0 Å². The molecule has 0 saturated carbocycles. The van der Waals surface area contributed by atoms with Crippen LogP contribution in [-0.4, -0.2) is 21.4 Å². The summed E-state index contributed by atoms with van der Waals surface area (Å²) in [4.78, 5) is 5.35. The van der Waals surface area contributed by atoms with Crippen molar-refractivity contribution < 1.29 is 4.52 Å². The van der Waals surface area contributed by atoms with Gasteiger partial charge in [-0.25, -0.2) is 0 Å². The zero-order valence-corrected chi connectivity index (χ0v) is 11.5. The molecule has 0 radical (unpaired) electrons. The number of thioether (sulfide) groups is 1. The topological polar surface area (TPSA) is 64.9 Å². The van der Waals surface area contributed by atoms with Crippen LogP contribution in [0.4, 0.5) is 0 Å². The number of hydrogen-bond acceptors (Lipinski definition) is 6. The molecule has 0 fully saturated rings. The van der Waals surface area contributed by atoms with E-state index in [1.165, 1.54) is 0 Å². The quantitative estimate of drug-likeness (QED) is 0.904. The number of rotatable bonds is 5. The van der Waals surface area contributed by atoms with Gasteiger partial charge < -0.3 is 10.3 Å². The van der Waals surface area contributed by atoms with Gasteiger partial charge in [-0.05, 0) is 25.3 Å². The Morgan fingerprint density at radius 2 is 2.35 bits per heavy atom. The Balaban J connectivity index is 1.91. The van der Waals surface area contributed by atoms with Gasteiger partial charge in [-0.15, -0.1) is 11.3 Å². The summed E-state index contributed by atoms with van der Waals surface area (Å²) in [5.41, 5.74) is 5.74. The largest absolute Gasteiger partial charge is 0.333 e. The van der Waals surface area contributed by atoms with Crippen LogP contribution in [0.15, 0.2) is 22.0 Å². The molecule has 92 valence electrons. The molecule has 0 spiro atoms. The van der Waals surface area contributed by atoms with Crippen molar-refractivity contribution in [2.24, 2.45) is 5.73 Å². The molecule has 2 aromatic rings. The Morgan fingerprint density at radius 1 is 1.53 bits per heavy atom. The Bertz CT molecular complexity index is 459. The first-order valence-corrected chi connectivity index (χ1v) is 7.31. The molecule has 2 N–H and O–H groups in total. The van der Waals surface area contributed by atoms with Crippen molar-refractivity contribution in [3.8, 4) is 10.8 Å². The number of aromatic nitrogens is 2. The minimum atomic E-state index is -0.162. The monoisotopic (exact) mass is 269 g/mol. The third-order valence-corrected chi connectivity index (χ3v) is 4.17. The maximum Gasteiger partial charge on any atom is 0.268 e. The highest BCUT2D eigenvalue weighted by Crippen LogP contribution is 2.23. The number of nitrogens with zero attached hydrogens (tertiary/aromatic N) is 2. The Hall–Kier alpha value is -0.850. The molecule has 4 nitrogen and oxygen atoms in total. The molecule has 0 aromatic carbocycles. The van der Waals surface area contributed by atoms with Gasteiger partial charge in [0.2, 0.25) is 0 Å². The van der Waals surface area contributed by atoms with Crippen molar-refractivity contribution in [2.45, 2.75) is 25.1 Å². The van der Waals surface area contributed by atoms with Gasteiger partial charge in [-0.3, -0.25) is 0 Å². The molecule has 0 amide bonds. The van der Waals surface area contributed by atoms with Crippen LogP contribution >= 0.6 is 23.1 Å². The first kappa shape index (κ1) is 12.6. The van der Waals surface area contributed by atoms with Gasteiger partial charge in [-0.1, -0.05) is 11.2 Å². The number of hydrogen-bond donors (Lipinski definition) is 1. The van der Waals surface area contributed by atoms with Crippen LogP contribution in [0.3, 0.4) is 0 Å². The van der Waals surface area contributed by atoms with E-state index in [4.69, 9.17) is 10.3 Å². The molecule has 0 aliphatic rings. The Morgan fingerprint density at radius 3 is 3.00 bits per heavy atom. The van der Waals surface area contributed by atoms with E-state index in [9.17, 15) is 0 Å². The lowest BCUT2D eigenvalue weighted by atomic mass is 10.1. The molecular formula is C11H15N3OS2. The SMILES string of the molecule is CC(C)(N)CSCc1noc(-c2cccs2)n1. The summed E-state index contributed by atoms with van der Waals surface area (Å²) < 4.78 is 5.20. The summed E-state index contributed by atoms with van der Waals surface area (Å²) in [5, 5.41) is 5.94.